The van der Waals surface area contributed by atoms with E-state index in [-0.39, 0.29) is 17.7 Å². The number of β-lactam (4-membered cyclic amide) rings is 1. The van der Waals surface area contributed by atoms with Gasteiger partial charge in [0.2, 0.25) is 5.91 Å². The Kier molecular flexibility index (Phi) is 32.7. The van der Waals surface area contributed by atoms with Gasteiger partial charge in [-0.2, -0.15) is 0 Å². The first-order chi connectivity index (χ1) is 17.0. The fourth-order valence-corrected chi connectivity index (χ4v) is 2.93. The molecule has 1 atom stereocenters. The van der Waals surface area contributed by atoms with Crippen LogP contribution in [0.1, 0.15) is 88.0 Å². The topological polar surface area (TPSA) is 37.4 Å². The molecular formula is C32H53NO2. The molecule has 1 amide bonds. The third-order valence-electron chi connectivity index (χ3n) is 4.48. The molecule has 0 bridgehead atoms. The maximum Gasteiger partial charge on any atom is 0.230 e. The Bertz CT molecular complexity index is 733. The van der Waals surface area contributed by atoms with E-state index in [0.29, 0.717) is 12.8 Å². The summed E-state index contributed by atoms with van der Waals surface area (Å²) in [5.74, 6) is 0.336. The van der Waals surface area contributed by atoms with Gasteiger partial charge in [-0.25, -0.2) is 0 Å². The predicted molar refractivity (Wildman–Crippen MR) is 159 cm³/mol. The largest absolute Gasteiger partial charge is 0.304 e. The lowest BCUT2D eigenvalue weighted by Gasteiger charge is -2.42. The number of likely N-dealkylation sites (tertiary alicyclic amines) is 1. The van der Waals surface area contributed by atoms with E-state index in [0.717, 1.165) is 24.1 Å². The lowest BCUT2D eigenvalue weighted by atomic mass is 9.89. The molecule has 1 aliphatic heterocycles. The number of carbonyl (C=O) groups excluding carboxylic acids is 2. The molecule has 0 N–H and O–H groups in total. The van der Waals surface area contributed by atoms with E-state index in [9.17, 15) is 9.59 Å². The second kappa shape index (κ2) is 29.1. The first-order valence-electron chi connectivity index (χ1n) is 13.0. The molecule has 0 radical (unpaired) electrons. The number of Topliss-reactive ketones (excluding diaryl/α,β-unsaturated/α-hetero) is 1. The Hall–Kier alpha value is -2.94. The van der Waals surface area contributed by atoms with Crippen LogP contribution in [0.15, 0.2) is 97.8 Å². The molecule has 1 fully saturated rings. The van der Waals surface area contributed by atoms with E-state index in [1.165, 1.54) is 5.57 Å². The summed E-state index contributed by atoms with van der Waals surface area (Å²) in [5, 5.41) is 0. The first-order valence-corrected chi connectivity index (χ1v) is 13.0. The van der Waals surface area contributed by atoms with Gasteiger partial charge >= 0.3 is 0 Å². The zero-order valence-electron chi connectivity index (χ0n) is 24.2. The molecule has 1 saturated heterocycles. The predicted octanol–water partition coefficient (Wildman–Crippen LogP) is 9.49. The average Bonchev–Trinajstić information content (AvgIpc) is 2.95. The van der Waals surface area contributed by atoms with Crippen molar-refractivity contribution in [2.75, 3.05) is 0 Å². The molecular weight excluding hydrogens is 430 g/mol. The van der Waals surface area contributed by atoms with Crippen LogP contribution in [0.5, 0.6) is 0 Å². The number of hydrogen-bond acceptors (Lipinski definition) is 2. The Morgan fingerprint density at radius 3 is 1.91 bits per heavy atom. The number of amides is 1. The van der Waals surface area contributed by atoms with Gasteiger partial charge in [0.15, 0.2) is 5.78 Å². The van der Waals surface area contributed by atoms with Crippen LogP contribution in [0.3, 0.4) is 0 Å². The third-order valence-corrected chi connectivity index (χ3v) is 4.48. The van der Waals surface area contributed by atoms with Crippen LogP contribution in [0, 0.1) is 0 Å². The summed E-state index contributed by atoms with van der Waals surface area (Å²) in [6.07, 6.45) is 20.8. The van der Waals surface area contributed by atoms with Gasteiger partial charge in [0.25, 0.3) is 0 Å². The minimum Gasteiger partial charge on any atom is -0.304 e. The number of ketones is 1. The van der Waals surface area contributed by atoms with Crippen molar-refractivity contribution in [3.8, 4) is 0 Å². The highest BCUT2D eigenvalue weighted by Gasteiger charge is 2.39. The summed E-state index contributed by atoms with van der Waals surface area (Å²) >= 11 is 0. The van der Waals surface area contributed by atoms with Crippen LogP contribution in [-0.2, 0) is 9.59 Å². The number of hydrogen-bond donors (Lipinski definition) is 0. The van der Waals surface area contributed by atoms with Gasteiger partial charge in [0.05, 0.1) is 12.5 Å². The van der Waals surface area contributed by atoms with Crippen LogP contribution >= 0.6 is 0 Å². The molecule has 1 unspecified atom stereocenters. The van der Waals surface area contributed by atoms with Crippen LogP contribution in [0.4, 0.5) is 0 Å². The lowest BCUT2D eigenvalue weighted by molar-refractivity contribution is -0.140. The molecule has 2 aliphatic rings. The Morgan fingerprint density at radius 1 is 1.03 bits per heavy atom. The van der Waals surface area contributed by atoms with Gasteiger partial charge in [-0.1, -0.05) is 104 Å². The summed E-state index contributed by atoms with van der Waals surface area (Å²) in [6.45, 7) is 30.9. The molecule has 35 heavy (non-hydrogen) atoms. The van der Waals surface area contributed by atoms with E-state index in [1.807, 2.05) is 85.4 Å². The Morgan fingerprint density at radius 2 is 1.60 bits per heavy atom. The molecule has 0 aromatic carbocycles. The Balaban J connectivity index is -0.000000240. The van der Waals surface area contributed by atoms with E-state index < -0.39 is 0 Å². The van der Waals surface area contributed by atoms with E-state index >= 15 is 0 Å². The van der Waals surface area contributed by atoms with Crippen molar-refractivity contribution < 1.29 is 9.59 Å². The fourth-order valence-electron chi connectivity index (χ4n) is 2.93. The van der Waals surface area contributed by atoms with E-state index in [1.54, 1.807) is 18.2 Å². The molecule has 1 heterocycles. The van der Waals surface area contributed by atoms with Crippen molar-refractivity contribution >= 4 is 11.7 Å². The van der Waals surface area contributed by atoms with Gasteiger partial charge in [0, 0.05) is 17.7 Å². The minimum atomic E-state index is 0.160. The molecule has 2 rings (SSSR count). The molecule has 0 spiro atoms. The number of allylic oxidation sites excluding steroid dienone is 9. The van der Waals surface area contributed by atoms with Crippen molar-refractivity contribution in [3.63, 3.8) is 0 Å². The zero-order valence-corrected chi connectivity index (χ0v) is 24.2. The number of rotatable bonds is 7. The fraction of sp³-hybridized carbons (Fsp3) is 0.438. The van der Waals surface area contributed by atoms with Crippen molar-refractivity contribution in [2.24, 2.45) is 0 Å². The zero-order chi connectivity index (χ0) is 28.2. The SMILES string of the molecule is C=C.C=C/C(=C\C)C(=O)CC.C=C/C(=C\C=C/C)N1C(=O)CC1C1=CCCC=C1.CC.CC.CC. The van der Waals surface area contributed by atoms with Crippen molar-refractivity contribution in [1.29, 1.82) is 0 Å². The molecule has 0 saturated carbocycles. The lowest BCUT2D eigenvalue weighted by Crippen LogP contribution is -2.52. The second-order valence-corrected chi connectivity index (χ2v) is 6.21. The van der Waals surface area contributed by atoms with Gasteiger partial charge in [-0.15, -0.1) is 13.2 Å². The molecule has 1 aliphatic carbocycles. The van der Waals surface area contributed by atoms with E-state index in [2.05, 4.69) is 44.5 Å². The highest BCUT2D eigenvalue weighted by atomic mass is 16.2. The normalized spacial score (nSPS) is 15.9. The molecule has 198 valence electrons. The number of nitrogens with zero attached hydrogens (tertiary/aromatic N) is 1. The highest BCUT2D eigenvalue weighted by molar-refractivity contribution is 5.97. The van der Waals surface area contributed by atoms with Crippen molar-refractivity contribution in [2.45, 2.75) is 94.0 Å². The Labute approximate surface area is 218 Å². The summed E-state index contributed by atoms with van der Waals surface area (Å²) in [4.78, 5) is 24.5. The van der Waals surface area contributed by atoms with E-state index in [4.69, 9.17) is 0 Å². The smallest absolute Gasteiger partial charge is 0.230 e. The maximum atomic E-state index is 11.8. The first kappa shape index (κ1) is 39.3. The van der Waals surface area contributed by atoms with Crippen LogP contribution in [-0.4, -0.2) is 22.6 Å². The quantitative estimate of drug-likeness (QED) is 0.156. The van der Waals surface area contributed by atoms with Crippen LogP contribution < -0.4 is 0 Å². The molecule has 3 heteroatoms. The highest BCUT2D eigenvalue weighted by Crippen LogP contribution is 2.32. The second-order valence-electron chi connectivity index (χ2n) is 6.21. The van der Waals surface area contributed by atoms with Gasteiger partial charge < -0.3 is 4.90 Å². The van der Waals surface area contributed by atoms with Crippen LogP contribution in [0.2, 0.25) is 0 Å². The molecule has 3 nitrogen and oxygen atoms in total. The summed E-state index contributed by atoms with van der Waals surface area (Å²) in [6, 6.07) is 0.198. The average molecular weight is 484 g/mol. The molecule has 0 aromatic rings. The van der Waals surface area contributed by atoms with Crippen molar-refractivity contribution in [3.05, 3.63) is 97.8 Å². The van der Waals surface area contributed by atoms with Crippen LogP contribution in [0.25, 0.3) is 0 Å². The van der Waals surface area contributed by atoms with Gasteiger partial charge in [0.1, 0.15) is 0 Å². The molecule has 0 aromatic heterocycles. The standard InChI is InChI=1S/C16H19NO.C8H12O.3C2H6.C2H4/c1-3-5-11-14(4-2)17-15(12-16(17)18)13-9-7-6-8-10-13;1-4-7(5-2)8(9)6-3;4*1-2/h3-5,7,9-11,15H,2,6,8,12H2,1H3;4-5H,1,6H2,2-3H3;3*1-2H3;1-2H2/b5-3-,14-11+;7-5+;;;;. The summed E-state index contributed by atoms with van der Waals surface area (Å²) in [5.41, 5.74) is 2.86. The maximum absolute atomic E-state index is 11.8. The minimum absolute atomic E-state index is 0.160. The van der Waals surface area contributed by atoms with Crippen molar-refractivity contribution in [1.82, 2.24) is 4.90 Å². The third kappa shape index (κ3) is 15.6. The number of carbonyl (C=O) groups is 2. The summed E-state index contributed by atoms with van der Waals surface area (Å²) < 4.78 is 0. The summed E-state index contributed by atoms with van der Waals surface area (Å²) in [7, 11) is 0. The monoisotopic (exact) mass is 483 g/mol. The van der Waals surface area contributed by atoms with Gasteiger partial charge in [-0.05, 0) is 44.4 Å². The van der Waals surface area contributed by atoms with Gasteiger partial charge in [-0.3, -0.25) is 9.59 Å².